The normalized spacial score (nSPS) is 18.3. The summed E-state index contributed by atoms with van der Waals surface area (Å²) in [5.41, 5.74) is 2.90. The molecule has 0 unspecified atom stereocenters. The van der Waals surface area contributed by atoms with Crippen molar-refractivity contribution in [2.75, 3.05) is 27.2 Å². The number of rotatable bonds is 4. The maximum Gasteiger partial charge on any atom is 0.256 e. The summed E-state index contributed by atoms with van der Waals surface area (Å²) >= 11 is 5.93. The fourth-order valence-electron chi connectivity index (χ4n) is 3.08. The van der Waals surface area contributed by atoms with E-state index in [4.69, 9.17) is 11.6 Å². The van der Waals surface area contributed by atoms with Crippen LogP contribution < -0.4 is 0 Å². The number of benzene rings is 1. The van der Waals surface area contributed by atoms with E-state index in [0.717, 1.165) is 36.8 Å². The molecule has 1 amide bonds. The summed E-state index contributed by atoms with van der Waals surface area (Å²) in [4.78, 5) is 16.2. The molecule has 2 aromatic rings. The molecule has 1 aliphatic heterocycles. The highest BCUT2D eigenvalue weighted by Crippen LogP contribution is 2.29. The maximum atomic E-state index is 12.2. The number of carbonyl (C=O) groups is 1. The summed E-state index contributed by atoms with van der Waals surface area (Å²) in [7, 11) is 3.53. The smallest absolute Gasteiger partial charge is 0.256 e. The van der Waals surface area contributed by atoms with E-state index < -0.39 is 0 Å². The minimum atomic E-state index is 0.00454. The Balaban J connectivity index is 1.67. The second-order valence-electron chi connectivity index (χ2n) is 6.24. The number of likely N-dealkylation sites (tertiary alicyclic amines) is 1. The Hall–Kier alpha value is -1.85. The van der Waals surface area contributed by atoms with Crippen molar-refractivity contribution in [1.82, 2.24) is 20.0 Å². The van der Waals surface area contributed by atoms with Gasteiger partial charge in [-0.15, -0.1) is 0 Å². The lowest BCUT2D eigenvalue weighted by Gasteiger charge is -2.17. The molecular formula is C17H21ClN4O. The van der Waals surface area contributed by atoms with E-state index in [1.807, 2.05) is 12.1 Å². The molecule has 0 aliphatic carbocycles. The highest BCUT2D eigenvalue weighted by atomic mass is 35.5. The third-order valence-electron chi connectivity index (χ3n) is 4.31. The molecule has 23 heavy (non-hydrogen) atoms. The Labute approximate surface area is 141 Å². The molecule has 1 N–H and O–H groups in total. The van der Waals surface area contributed by atoms with Crippen LogP contribution in [-0.2, 0) is 6.54 Å². The molecule has 1 aromatic carbocycles. The highest BCUT2D eigenvalue weighted by molar-refractivity contribution is 6.30. The van der Waals surface area contributed by atoms with E-state index in [2.05, 4.69) is 27.2 Å². The van der Waals surface area contributed by atoms with Crippen LogP contribution in [0.15, 0.2) is 30.5 Å². The van der Waals surface area contributed by atoms with E-state index in [-0.39, 0.29) is 5.91 Å². The maximum absolute atomic E-state index is 12.2. The fourth-order valence-corrected chi connectivity index (χ4v) is 3.20. The molecule has 6 heteroatoms. The summed E-state index contributed by atoms with van der Waals surface area (Å²) in [6.45, 7) is 2.85. The van der Waals surface area contributed by atoms with Crippen molar-refractivity contribution in [2.24, 2.45) is 0 Å². The van der Waals surface area contributed by atoms with Crippen molar-refractivity contribution >= 4 is 17.5 Å². The number of hydrogen-bond acceptors (Lipinski definition) is 3. The van der Waals surface area contributed by atoms with Gasteiger partial charge in [-0.1, -0.05) is 23.7 Å². The standard InChI is InChI=1S/C17H21ClN4O/c1-21(2)17(23)15-9-19-20-16(15)13-7-8-22(11-13)10-12-3-5-14(18)6-4-12/h3-6,9,13H,7-8,10-11H2,1-2H3,(H,19,20)/t13-/m0/s1. The third kappa shape index (κ3) is 3.57. The number of nitrogens with one attached hydrogen (secondary N) is 1. The number of nitrogens with zero attached hydrogens (tertiary/aromatic N) is 3. The number of halogens is 1. The Morgan fingerprint density at radius 2 is 2.13 bits per heavy atom. The molecule has 1 atom stereocenters. The minimum Gasteiger partial charge on any atom is -0.345 e. The van der Waals surface area contributed by atoms with Gasteiger partial charge in [-0.05, 0) is 30.7 Å². The summed E-state index contributed by atoms with van der Waals surface area (Å²) < 4.78 is 0. The largest absolute Gasteiger partial charge is 0.345 e. The molecule has 0 radical (unpaired) electrons. The van der Waals surface area contributed by atoms with Crippen LogP contribution in [0.4, 0.5) is 0 Å². The SMILES string of the molecule is CN(C)C(=O)c1cn[nH]c1[C@H]1CCN(Cc2ccc(Cl)cc2)C1. The zero-order valence-electron chi connectivity index (χ0n) is 13.4. The molecule has 0 saturated carbocycles. The zero-order chi connectivity index (χ0) is 16.4. The van der Waals surface area contributed by atoms with Gasteiger partial charge < -0.3 is 4.90 Å². The Kier molecular flexibility index (Phi) is 4.68. The van der Waals surface area contributed by atoms with Crippen LogP contribution in [0.25, 0.3) is 0 Å². The van der Waals surface area contributed by atoms with Gasteiger partial charge >= 0.3 is 0 Å². The topological polar surface area (TPSA) is 52.2 Å². The van der Waals surface area contributed by atoms with Crippen LogP contribution in [0.3, 0.4) is 0 Å². The third-order valence-corrected chi connectivity index (χ3v) is 4.56. The van der Waals surface area contributed by atoms with E-state index in [1.54, 1.807) is 25.2 Å². The van der Waals surface area contributed by atoms with Gasteiger partial charge in [0, 0.05) is 38.1 Å². The average Bonchev–Trinajstić information content (AvgIpc) is 3.17. The van der Waals surface area contributed by atoms with Gasteiger partial charge in [0.25, 0.3) is 5.91 Å². The van der Waals surface area contributed by atoms with Gasteiger partial charge in [0.15, 0.2) is 0 Å². The quantitative estimate of drug-likeness (QED) is 0.936. The van der Waals surface area contributed by atoms with Crippen molar-refractivity contribution in [3.8, 4) is 0 Å². The van der Waals surface area contributed by atoms with Crippen molar-refractivity contribution in [1.29, 1.82) is 0 Å². The van der Waals surface area contributed by atoms with Gasteiger partial charge in [0.05, 0.1) is 17.5 Å². The van der Waals surface area contributed by atoms with E-state index >= 15 is 0 Å². The molecule has 122 valence electrons. The minimum absolute atomic E-state index is 0.00454. The van der Waals surface area contributed by atoms with Gasteiger partial charge in [-0.2, -0.15) is 5.10 Å². The number of hydrogen-bond donors (Lipinski definition) is 1. The molecule has 0 spiro atoms. The lowest BCUT2D eigenvalue weighted by molar-refractivity contribution is 0.0826. The molecule has 1 saturated heterocycles. The lowest BCUT2D eigenvalue weighted by atomic mass is 10.0. The summed E-state index contributed by atoms with van der Waals surface area (Å²) in [5.74, 6) is 0.327. The molecule has 0 bridgehead atoms. The van der Waals surface area contributed by atoms with Gasteiger partial charge in [-0.3, -0.25) is 14.8 Å². The van der Waals surface area contributed by atoms with Crippen molar-refractivity contribution < 1.29 is 4.79 Å². The Bertz CT molecular complexity index is 680. The second-order valence-corrected chi connectivity index (χ2v) is 6.68. The zero-order valence-corrected chi connectivity index (χ0v) is 14.2. The number of aromatic amines is 1. The molecule has 5 nitrogen and oxygen atoms in total. The highest BCUT2D eigenvalue weighted by Gasteiger charge is 2.29. The predicted octanol–water partition coefficient (Wildman–Crippen LogP) is 2.75. The first kappa shape index (κ1) is 16.0. The number of aromatic nitrogens is 2. The van der Waals surface area contributed by atoms with Gasteiger partial charge in [0.2, 0.25) is 0 Å². The first-order chi connectivity index (χ1) is 11.0. The summed E-state index contributed by atoms with van der Waals surface area (Å²) in [5, 5.41) is 7.88. The van der Waals surface area contributed by atoms with Crippen LogP contribution in [0.5, 0.6) is 0 Å². The van der Waals surface area contributed by atoms with Crippen LogP contribution in [0.2, 0.25) is 5.02 Å². The van der Waals surface area contributed by atoms with Crippen LogP contribution in [-0.4, -0.2) is 53.1 Å². The summed E-state index contributed by atoms with van der Waals surface area (Å²) in [6.07, 6.45) is 2.67. The molecule has 1 aliphatic rings. The molecule has 2 heterocycles. The fraction of sp³-hybridized carbons (Fsp3) is 0.412. The van der Waals surface area contributed by atoms with Crippen molar-refractivity contribution in [3.05, 3.63) is 52.3 Å². The van der Waals surface area contributed by atoms with Gasteiger partial charge in [0.1, 0.15) is 0 Å². The molecule has 1 fully saturated rings. The van der Waals surface area contributed by atoms with E-state index in [1.165, 1.54) is 5.56 Å². The van der Waals surface area contributed by atoms with E-state index in [9.17, 15) is 4.79 Å². The van der Waals surface area contributed by atoms with Gasteiger partial charge in [-0.25, -0.2) is 0 Å². The monoisotopic (exact) mass is 332 g/mol. The lowest BCUT2D eigenvalue weighted by Crippen LogP contribution is -2.24. The van der Waals surface area contributed by atoms with Crippen LogP contribution in [0, 0.1) is 0 Å². The first-order valence-corrected chi connectivity index (χ1v) is 8.14. The van der Waals surface area contributed by atoms with Crippen molar-refractivity contribution in [3.63, 3.8) is 0 Å². The summed E-state index contributed by atoms with van der Waals surface area (Å²) in [6, 6.07) is 7.97. The van der Waals surface area contributed by atoms with E-state index in [0.29, 0.717) is 11.5 Å². The number of carbonyl (C=O) groups excluding carboxylic acids is 1. The van der Waals surface area contributed by atoms with Crippen LogP contribution in [0.1, 0.15) is 34.0 Å². The second kappa shape index (κ2) is 6.72. The molecule has 1 aromatic heterocycles. The number of H-pyrrole nitrogens is 1. The molecular weight excluding hydrogens is 312 g/mol. The van der Waals surface area contributed by atoms with Crippen molar-refractivity contribution in [2.45, 2.75) is 18.9 Å². The Morgan fingerprint density at radius 1 is 1.39 bits per heavy atom. The number of amides is 1. The Morgan fingerprint density at radius 3 is 2.83 bits per heavy atom. The first-order valence-electron chi connectivity index (χ1n) is 7.76. The average molecular weight is 333 g/mol. The predicted molar refractivity (Wildman–Crippen MR) is 90.7 cm³/mol. The molecule has 3 rings (SSSR count). The van der Waals surface area contributed by atoms with Crippen LogP contribution >= 0.6 is 11.6 Å².